The lowest BCUT2D eigenvalue weighted by molar-refractivity contribution is 0.0116. The normalized spacial score (nSPS) is 18.0. The highest BCUT2D eigenvalue weighted by Crippen LogP contribution is 2.39. The number of nitrogens with one attached hydrogen (secondary N) is 5. The molecule has 0 aromatic carbocycles. The molecule has 27 heteroatoms. The molecule has 3 spiro atoms. The van der Waals surface area contributed by atoms with E-state index in [1.807, 2.05) is 0 Å². The predicted octanol–water partition coefficient (Wildman–Crippen LogP) is 5.17. The van der Waals surface area contributed by atoms with E-state index in [0.29, 0.717) is 84.8 Å². The maximum absolute atomic E-state index is 13.0. The van der Waals surface area contributed by atoms with Crippen LogP contribution in [0.25, 0.3) is 0 Å². The summed E-state index contributed by atoms with van der Waals surface area (Å²) in [6, 6.07) is 9.32. The van der Waals surface area contributed by atoms with Gasteiger partial charge in [0.2, 0.25) is 0 Å². The molecule has 6 aromatic heterocycles. The van der Waals surface area contributed by atoms with Gasteiger partial charge in [0.05, 0.1) is 46.0 Å². The summed E-state index contributed by atoms with van der Waals surface area (Å²) in [5.41, 5.74) is 3.43. The van der Waals surface area contributed by atoms with Crippen molar-refractivity contribution in [1.82, 2.24) is 59.6 Å². The second-order valence-corrected chi connectivity index (χ2v) is 19.5. The zero-order chi connectivity index (χ0) is 51.5. The van der Waals surface area contributed by atoms with Gasteiger partial charge in [-0.1, -0.05) is 41.2 Å². The van der Waals surface area contributed by atoms with Crippen molar-refractivity contribution in [3.05, 3.63) is 142 Å². The molecule has 380 valence electrons. The quantitative estimate of drug-likeness (QED) is 0.133. The highest BCUT2D eigenvalue weighted by atomic mass is 79.9. The molecule has 7 N–H and O–H groups in total. The van der Waals surface area contributed by atoms with Crippen LogP contribution < -0.4 is 49.0 Å². The van der Waals surface area contributed by atoms with Crippen molar-refractivity contribution >= 4 is 97.3 Å². The first-order chi connectivity index (χ1) is 35.2. The number of nitrogens with zero attached hydrogens (tertiary/aromatic N) is 9. The predicted molar refractivity (Wildman–Crippen MR) is 271 cm³/mol. The number of rotatable bonds is 4. The van der Waals surface area contributed by atoms with Gasteiger partial charge < -0.3 is 41.8 Å². The molecule has 3 fully saturated rings. The Hall–Kier alpha value is -6.83. The van der Waals surface area contributed by atoms with Gasteiger partial charge in [0.15, 0.2) is 0 Å². The van der Waals surface area contributed by atoms with Gasteiger partial charge in [-0.2, -0.15) is 0 Å². The molecule has 6 aliphatic rings. The fourth-order valence-corrected chi connectivity index (χ4v) is 11.0. The Balaban J connectivity index is 0.000000127. The van der Waals surface area contributed by atoms with E-state index in [1.54, 1.807) is 41.4 Å². The van der Waals surface area contributed by atoms with Gasteiger partial charge >= 0.3 is 0 Å². The van der Waals surface area contributed by atoms with Crippen molar-refractivity contribution in [3.63, 3.8) is 0 Å². The Bertz CT molecular complexity index is 3120. The van der Waals surface area contributed by atoms with E-state index < -0.39 is 17.0 Å². The lowest BCUT2D eigenvalue weighted by Gasteiger charge is -2.35. The molecule has 73 heavy (non-hydrogen) atoms. The van der Waals surface area contributed by atoms with Crippen molar-refractivity contribution in [1.29, 1.82) is 0 Å². The third-order valence-electron chi connectivity index (χ3n) is 13.0. The van der Waals surface area contributed by atoms with Crippen LogP contribution in [0.1, 0.15) is 89.3 Å². The number of nitrogens with two attached hydrogens (primary N) is 1. The van der Waals surface area contributed by atoms with Gasteiger partial charge in [0, 0.05) is 44.3 Å². The fraction of sp³-hybridized carbons (Fsp3) is 0.348. The van der Waals surface area contributed by atoms with Gasteiger partial charge in [-0.3, -0.25) is 42.5 Å². The number of hydrogen-bond donors (Lipinski definition) is 6. The van der Waals surface area contributed by atoms with E-state index in [9.17, 15) is 28.8 Å². The average Bonchev–Trinajstić information content (AvgIpc) is 3.96. The van der Waals surface area contributed by atoms with E-state index >= 15 is 0 Å². The topological polar surface area (TPSA) is 299 Å². The Morgan fingerprint density at radius 2 is 0.918 bits per heavy atom. The summed E-state index contributed by atoms with van der Waals surface area (Å²) in [6.45, 7) is 1.86. The molecule has 2 saturated heterocycles. The summed E-state index contributed by atoms with van der Waals surface area (Å²) >= 11 is 21.9. The number of anilines is 5. The van der Waals surface area contributed by atoms with Crippen LogP contribution in [-0.4, -0.2) is 87.8 Å². The molecule has 11 heterocycles. The Kier molecular flexibility index (Phi) is 14.9. The largest absolute Gasteiger partial charge is 0.384 e. The molecule has 1 saturated carbocycles. The molecule has 1 aliphatic carbocycles. The first-order valence-corrected chi connectivity index (χ1v) is 24.8. The maximum atomic E-state index is 13.0. The van der Waals surface area contributed by atoms with Crippen LogP contribution >= 0.6 is 50.7 Å². The number of ether oxygens (including phenoxy) is 2. The number of hydrogen-bond acceptors (Lipinski definition) is 17. The first-order valence-electron chi connectivity index (χ1n) is 22.9. The van der Waals surface area contributed by atoms with Crippen LogP contribution in [0.4, 0.5) is 28.8 Å². The van der Waals surface area contributed by atoms with Crippen LogP contribution in [-0.2, 0) is 26.5 Å². The fourth-order valence-electron chi connectivity index (χ4n) is 9.65. The molecular weight excluding hydrogens is 1080 g/mol. The van der Waals surface area contributed by atoms with Crippen LogP contribution in [0.2, 0.25) is 15.1 Å². The Labute approximate surface area is 437 Å². The van der Waals surface area contributed by atoms with Crippen molar-refractivity contribution < 1.29 is 23.9 Å². The van der Waals surface area contributed by atoms with E-state index in [1.165, 1.54) is 46.3 Å². The zero-order valence-corrected chi connectivity index (χ0v) is 42.4. The number of carbonyl (C=O) groups excluding carboxylic acids is 3. The maximum Gasteiger partial charge on any atom is 0.276 e. The lowest BCUT2D eigenvalue weighted by Crippen LogP contribution is -2.51. The highest BCUT2D eigenvalue weighted by Gasteiger charge is 2.48. The third kappa shape index (κ3) is 10.1. The minimum absolute atomic E-state index is 0.186. The Morgan fingerprint density at radius 1 is 0.534 bits per heavy atom. The highest BCUT2D eigenvalue weighted by molar-refractivity contribution is 9.10. The summed E-state index contributed by atoms with van der Waals surface area (Å²) in [5, 5.41) is 15.4. The standard InChI is InChI=1S/2C15H14ClN5O3.C12H12BrClN2O2.C4H5N3/c2*16-9-7-10(19-11-1-4-17-8-18-11)14(23)21-12(9)13(22)20-15(21)2-5-24-6-3-15;13-7-6-8(14)9-10(17)15-12(16(9)11(7)18)4-2-1-3-5-12;5-4-1-2-6-3-7-4/h2*1,4,7-8H,2-3,5-6H2,(H,20,22)(H,17,18,19);6H,1-5H2,(H,15,17);1-3H,(H2,5,6,7). The van der Waals surface area contributed by atoms with Gasteiger partial charge in [0.1, 0.15) is 81.9 Å². The van der Waals surface area contributed by atoms with Crippen LogP contribution in [0.5, 0.6) is 0 Å². The smallest absolute Gasteiger partial charge is 0.276 e. The molecule has 0 radical (unpaired) electrons. The molecule has 5 aliphatic heterocycles. The monoisotopic (exact) mass is 1120 g/mol. The number of halogens is 4. The summed E-state index contributed by atoms with van der Waals surface area (Å²) in [7, 11) is 0. The second-order valence-electron chi connectivity index (χ2n) is 17.4. The van der Waals surface area contributed by atoms with Gasteiger partial charge in [-0.15, -0.1) is 0 Å². The summed E-state index contributed by atoms with van der Waals surface area (Å²) in [5.74, 6) is 0.524. The van der Waals surface area contributed by atoms with E-state index in [0.717, 1.165) is 32.1 Å². The van der Waals surface area contributed by atoms with E-state index in [-0.39, 0.29) is 67.2 Å². The lowest BCUT2D eigenvalue weighted by atomic mass is 9.89. The summed E-state index contributed by atoms with van der Waals surface area (Å²) in [4.78, 5) is 98.1. The summed E-state index contributed by atoms with van der Waals surface area (Å²) in [6.07, 6.45) is 15.7. The van der Waals surface area contributed by atoms with Crippen LogP contribution in [0.3, 0.4) is 0 Å². The average molecular weight is 1120 g/mol. The number of carbonyl (C=O) groups is 3. The number of pyridine rings is 3. The van der Waals surface area contributed by atoms with Crippen molar-refractivity contribution in [2.45, 2.75) is 74.8 Å². The zero-order valence-electron chi connectivity index (χ0n) is 38.5. The SMILES string of the molecule is Nc1ccncn1.O=C1NC2(CCCCC2)n2c1c(Cl)cc(Br)c2=O.O=C1NC2(CCOCC2)n2c1c(Cl)cc(Nc1ccncn1)c2=O.O=C1NC2(CCOCC2)n2c1c(Cl)cc(Nc1ccncn1)c2=O. The van der Waals surface area contributed by atoms with Crippen LogP contribution in [0, 0.1) is 0 Å². The molecule has 6 aromatic rings. The van der Waals surface area contributed by atoms with Crippen molar-refractivity contribution in [2.75, 3.05) is 42.8 Å². The minimum Gasteiger partial charge on any atom is -0.384 e. The first kappa shape index (κ1) is 51.1. The second kappa shape index (κ2) is 21.3. The van der Waals surface area contributed by atoms with Crippen molar-refractivity contribution in [2.24, 2.45) is 0 Å². The number of nitrogen functional groups attached to an aromatic ring is 1. The number of aromatic nitrogens is 9. The minimum atomic E-state index is -0.783. The molecule has 3 amide bonds. The van der Waals surface area contributed by atoms with Gasteiger partial charge in [-0.25, -0.2) is 29.9 Å². The van der Waals surface area contributed by atoms with Gasteiger partial charge in [-0.05, 0) is 78.0 Å². The molecular formula is C46H45BrCl3N15O8. The molecule has 0 atom stereocenters. The number of amides is 3. The van der Waals surface area contributed by atoms with E-state index in [4.69, 9.17) is 50.0 Å². The van der Waals surface area contributed by atoms with E-state index in [2.05, 4.69) is 72.4 Å². The van der Waals surface area contributed by atoms with Crippen LogP contribution in [0.15, 0.2) is 92.8 Å². The van der Waals surface area contributed by atoms with Gasteiger partial charge in [0.25, 0.3) is 34.4 Å². The number of fused-ring (bicyclic) bond motifs is 6. The third-order valence-corrected chi connectivity index (χ3v) is 14.4. The summed E-state index contributed by atoms with van der Waals surface area (Å²) < 4.78 is 15.6. The molecule has 0 unspecified atom stereocenters. The van der Waals surface area contributed by atoms with Crippen molar-refractivity contribution in [3.8, 4) is 0 Å². The Morgan fingerprint density at radius 3 is 1.29 bits per heavy atom. The molecule has 23 nitrogen and oxygen atoms in total. The molecule has 0 bridgehead atoms. The molecule has 12 rings (SSSR count).